The molecular formula is C42H40ClNO5. The molecule has 7 rings (SSSR count). The fourth-order valence-corrected chi connectivity index (χ4v) is 6.71. The molecule has 0 aliphatic carbocycles. The molecular weight excluding hydrogens is 634 g/mol. The number of nitrogens with one attached hydrogen (secondary N) is 1. The average molecular weight is 674 g/mol. The van der Waals surface area contributed by atoms with E-state index < -0.39 is 30.5 Å². The highest BCUT2D eigenvalue weighted by atomic mass is 35.5. The van der Waals surface area contributed by atoms with Gasteiger partial charge in [0.1, 0.15) is 30.5 Å². The molecule has 0 saturated carbocycles. The highest BCUT2D eigenvalue weighted by molar-refractivity contribution is 6.35. The molecule has 1 N–H and O–H groups in total. The van der Waals surface area contributed by atoms with Gasteiger partial charge in [0.05, 0.1) is 38.1 Å². The third-order valence-electron chi connectivity index (χ3n) is 8.88. The summed E-state index contributed by atoms with van der Waals surface area (Å²) < 4.78 is 34.0. The lowest BCUT2D eigenvalue weighted by molar-refractivity contribution is -0.274. The van der Waals surface area contributed by atoms with Gasteiger partial charge in [0.15, 0.2) is 0 Å². The Balaban J connectivity index is 1.27. The molecule has 1 saturated heterocycles. The zero-order valence-electron chi connectivity index (χ0n) is 27.2. The first-order chi connectivity index (χ1) is 24.2. The summed E-state index contributed by atoms with van der Waals surface area (Å²) in [5, 5.41) is 1.54. The zero-order chi connectivity index (χ0) is 33.3. The lowest BCUT2D eigenvalue weighted by Gasteiger charge is -2.46. The van der Waals surface area contributed by atoms with Gasteiger partial charge in [-0.05, 0) is 34.4 Å². The van der Waals surface area contributed by atoms with Gasteiger partial charge < -0.3 is 28.7 Å². The van der Waals surface area contributed by atoms with E-state index in [0.29, 0.717) is 31.5 Å². The van der Waals surface area contributed by atoms with Crippen LogP contribution in [0, 0.1) is 0 Å². The van der Waals surface area contributed by atoms with Crippen molar-refractivity contribution in [1.82, 2.24) is 4.98 Å². The SMILES string of the molecule is Clc1cccc2[nH]cc([C@@H]3O[C@H](COCc4ccccc4)[C@@H](OCc4ccccc4)[C@H](OCc4ccccc4)[C@H]3OCc3ccccc3)c12. The molecule has 1 aromatic heterocycles. The van der Waals surface area contributed by atoms with E-state index in [2.05, 4.69) is 53.5 Å². The maximum atomic E-state index is 7.08. The number of hydrogen-bond acceptors (Lipinski definition) is 5. The Morgan fingerprint density at radius 2 is 1.02 bits per heavy atom. The number of fused-ring (bicyclic) bond motifs is 1. The lowest BCUT2D eigenvalue weighted by Crippen LogP contribution is -2.58. The van der Waals surface area contributed by atoms with Crippen LogP contribution in [0.25, 0.3) is 10.9 Å². The van der Waals surface area contributed by atoms with Gasteiger partial charge in [-0.15, -0.1) is 0 Å². The van der Waals surface area contributed by atoms with Gasteiger partial charge in [-0.25, -0.2) is 0 Å². The van der Waals surface area contributed by atoms with Gasteiger partial charge in [-0.2, -0.15) is 0 Å². The fraction of sp³-hybridized carbons (Fsp3) is 0.238. The second kappa shape index (κ2) is 16.4. The second-order valence-corrected chi connectivity index (χ2v) is 12.7. The summed E-state index contributed by atoms with van der Waals surface area (Å²) in [5.74, 6) is 0. The first kappa shape index (κ1) is 33.2. The van der Waals surface area contributed by atoms with E-state index in [4.69, 9.17) is 35.3 Å². The largest absolute Gasteiger partial charge is 0.374 e. The maximum absolute atomic E-state index is 7.08. The number of H-pyrrole nitrogens is 1. The molecule has 0 amide bonds. The summed E-state index contributed by atoms with van der Waals surface area (Å²) in [6, 6.07) is 46.5. The average Bonchev–Trinajstić information content (AvgIpc) is 3.60. The highest BCUT2D eigenvalue weighted by Crippen LogP contribution is 2.42. The van der Waals surface area contributed by atoms with Crippen LogP contribution in [0.3, 0.4) is 0 Å². The highest BCUT2D eigenvalue weighted by Gasteiger charge is 2.49. The number of aromatic nitrogens is 1. The Bertz CT molecular complexity index is 1870. The molecule has 1 aliphatic heterocycles. The molecule has 0 spiro atoms. The minimum atomic E-state index is -0.551. The normalized spacial score (nSPS) is 20.8. The third kappa shape index (κ3) is 8.31. The molecule has 0 bridgehead atoms. The van der Waals surface area contributed by atoms with Crippen molar-refractivity contribution < 1.29 is 23.7 Å². The molecule has 0 radical (unpaired) electrons. The molecule has 5 atom stereocenters. The Labute approximate surface area is 292 Å². The molecule has 2 heterocycles. The van der Waals surface area contributed by atoms with Gasteiger partial charge in [-0.3, -0.25) is 0 Å². The minimum absolute atomic E-state index is 0.289. The Morgan fingerprint density at radius 3 is 1.57 bits per heavy atom. The van der Waals surface area contributed by atoms with E-state index >= 15 is 0 Å². The summed E-state index contributed by atoms with van der Waals surface area (Å²) in [4.78, 5) is 3.41. The van der Waals surface area contributed by atoms with Crippen molar-refractivity contribution in [2.24, 2.45) is 0 Å². The first-order valence-corrected chi connectivity index (χ1v) is 17.1. The minimum Gasteiger partial charge on any atom is -0.374 e. The number of benzene rings is 5. The molecule has 0 unspecified atom stereocenters. The van der Waals surface area contributed by atoms with Gasteiger partial charge in [0.2, 0.25) is 0 Å². The fourth-order valence-electron chi connectivity index (χ4n) is 6.43. The predicted molar refractivity (Wildman–Crippen MR) is 192 cm³/mol. The van der Waals surface area contributed by atoms with Crippen molar-refractivity contribution in [2.45, 2.75) is 56.9 Å². The van der Waals surface area contributed by atoms with Crippen molar-refractivity contribution >= 4 is 22.5 Å². The van der Waals surface area contributed by atoms with Gasteiger partial charge >= 0.3 is 0 Å². The Morgan fingerprint density at radius 1 is 0.531 bits per heavy atom. The van der Waals surface area contributed by atoms with Crippen LogP contribution in [-0.4, -0.2) is 36.0 Å². The molecule has 6 nitrogen and oxygen atoms in total. The number of rotatable bonds is 14. The number of halogens is 1. The van der Waals surface area contributed by atoms with Crippen molar-refractivity contribution in [1.29, 1.82) is 0 Å². The molecule has 5 aromatic carbocycles. The van der Waals surface area contributed by atoms with Crippen LogP contribution in [0.4, 0.5) is 0 Å². The van der Waals surface area contributed by atoms with Crippen molar-refractivity contribution in [2.75, 3.05) is 6.61 Å². The number of hydrogen-bond donors (Lipinski definition) is 1. The summed E-state index contributed by atoms with van der Waals surface area (Å²) in [6.07, 6.45) is -0.643. The molecule has 1 fully saturated rings. The van der Waals surface area contributed by atoms with E-state index in [1.807, 2.05) is 97.2 Å². The van der Waals surface area contributed by atoms with Crippen molar-refractivity contribution in [3.63, 3.8) is 0 Å². The van der Waals surface area contributed by atoms with Gasteiger partial charge in [-0.1, -0.05) is 139 Å². The standard InChI is InChI=1S/C42H40ClNO5/c43-35-22-13-23-36-38(35)34(24-44-36)39-41(47-27-32-18-9-3-10-19-32)42(48-28-33-20-11-4-12-21-33)40(46-26-31-16-7-2-8-17-31)37(49-39)29-45-25-30-14-5-1-6-15-30/h1-24,37,39-42,44H,25-29H2/t37-,39+,40-,41+,42+/m1/s1. The summed E-state index contributed by atoms with van der Waals surface area (Å²) in [6.45, 7) is 1.86. The molecule has 49 heavy (non-hydrogen) atoms. The van der Waals surface area contributed by atoms with Crippen LogP contribution in [0.5, 0.6) is 0 Å². The predicted octanol–water partition coefficient (Wildman–Crippen LogP) is 9.23. The van der Waals surface area contributed by atoms with E-state index in [1.54, 1.807) is 0 Å². The van der Waals surface area contributed by atoms with E-state index in [0.717, 1.165) is 38.7 Å². The Hall–Kier alpha value is -4.27. The van der Waals surface area contributed by atoms with Gasteiger partial charge in [0, 0.05) is 22.7 Å². The number of aromatic amines is 1. The summed E-state index contributed by atoms with van der Waals surface area (Å²) >= 11 is 6.86. The monoisotopic (exact) mass is 673 g/mol. The molecule has 250 valence electrons. The summed E-state index contributed by atoms with van der Waals surface area (Å²) in [5.41, 5.74) is 6.08. The van der Waals surface area contributed by atoms with Crippen molar-refractivity contribution in [3.8, 4) is 0 Å². The zero-order valence-corrected chi connectivity index (χ0v) is 28.0. The molecule has 1 aliphatic rings. The lowest BCUT2D eigenvalue weighted by atomic mass is 9.90. The Kier molecular flexibility index (Phi) is 11.1. The van der Waals surface area contributed by atoms with Crippen molar-refractivity contribution in [3.05, 3.63) is 179 Å². The molecule has 7 heteroatoms. The van der Waals surface area contributed by atoms with Crippen LogP contribution in [0.2, 0.25) is 5.02 Å². The van der Waals surface area contributed by atoms with E-state index in [-0.39, 0.29) is 6.61 Å². The van der Waals surface area contributed by atoms with Crippen LogP contribution in [0.15, 0.2) is 146 Å². The summed E-state index contributed by atoms with van der Waals surface area (Å²) in [7, 11) is 0. The molecule has 6 aromatic rings. The van der Waals surface area contributed by atoms with Crippen LogP contribution >= 0.6 is 11.6 Å². The first-order valence-electron chi connectivity index (χ1n) is 16.7. The van der Waals surface area contributed by atoms with Crippen LogP contribution < -0.4 is 0 Å². The van der Waals surface area contributed by atoms with Crippen LogP contribution in [0.1, 0.15) is 33.9 Å². The second-order valence-electron chi connectivity index (χ2n) is 12.3. The van der Waals surface area contributed by atoms with E-state index in [9.17, 15) is 0 Å². The number of ether oxygens (including phenoxy) is 5. The van der Waals surface area contributed by atoms with Gasteiger partial charge in [0.25, 0.3) is 0 Å². The topological polar surface area (TPSA) is 61.9 Å². The third-order valence-corrected chi connectivity index (χ3v) is 9.19. The van der Waals surface area contributed by atoms with E-state index in [1.165, 1.54) is 0 Å². The maximum Gasteiger partial charge on any atom is 0.117 e. The van der Waals surface area contributed by atoms with Crippen LogP contribution in [-0.2, 0) is 50.1 Å². The smallest absolute Gasteiger partial charge is 0.117 e. The quantitative estimate of drug-likeness (QED) is 0.125.